The number of carbonyl (C=O) groups is 1. The van der Waals surface area contributed by atoms with Gasteiger partial charge in [-0.05, 0) is 56.5 Å². The summed E-state index contributed by atoms with van der Waals surface area (Å²) in [6.07, 6.45) is 2.56. The molecule has 5 heteroatoms. The van der Waals surface area contributed by atoms with Crippen LogP contribution in [0.4, 0.5) is 0 Å². The highest BCUT2D eigenvalue weighted by Gasteiger charge is 2.24. The summed E-state index contributed by atoms with van der Waals surface area (Å²) in [7, 11) is 3.30. The lowest BCUT2D eigenvalue weighted by molar-refractivity contribution is -0.126. The van der Waals surface area contributed by atoms with Crippen molar-refractivity contribution in [3.63, 3.8) is 0 Å². The molecule has 2 rings (SSSR count). The monoisotopic (exact) mass is 306 g/mol. The molecule has 1 fully saturated rings. The maximum absolute atomic E-state index is 12.2. The number of hydrogen-bond acceptors (Lipinski definition) is 4. The summed E-state index contributed by atoms with van der Waals surface area (Å²) >= 11 is 0. The van der Waals surface area contributed by atoms with E-state index in [4.69, 9.17) is 9.47 Å². The molecule has 5 nitrogen and oxygen atoms in total. The molecule has 122 valence electrons. The van der Waals surface area contributed by atoms with Crippen molar-refractivity contribution in [3.05, 3.63) is 23.8 Å². The second kappa shape index (κ2) is 8.03. The minimum absolute atomic E-state index is 0.128. The molecule has 1 saturated heterocycles. The van der Waals surface area contributed by atoms with E-state index in [1.54, 1.807) is 14.2 Å². The number of piperidine rings is 1. The molecule has 0 unspecified atom stereocenters. The standard InChI is InChI=1S/C17H26N2O3/c1-12-10-14(7-8-18-12)17(20)19-9-6-13-11-15(21-2)4-5-16(13)22-3/h4-5,11-12,14,18H,6-10H2,1-3H3,(H,19,20)/t12-,14-/m0/s1. The highest BCUT2D eigenvalue weighted by Crippen LogP contribution is 2.24. The van der Waals surface area contributed by atoms with Crippen LogP contribution in [0.1, 0.15) is 25.3 Å². The van der Waals surface area contributed by atoms with Crippen molar-refractivity contribution in [3.8, 4) is 11.5 Å². The van der Waals surface area contributed by atoms with Crippen LogP contribution in [-0.4, -0.2) is 39.3 Å². The fourth-order valence-electron chi connectivity index (χ4n) is 2.91. The zero-order chi connectivity index (χ0) is 15.9. The predicted octanol–water partition coefficient (Wildman–Crippen LogP) is 1.75. The summed E-state index contributed by atoms with van der Waals surface area (Å²) in [5.74, 6) is 1.92. The minimum Gasteiger partial charge on any atom is -0.497 e. The second-order valence-electron chi connectivity index (χ2n) is 5.80. The van der Waals surface area contributed by atoms with Gasteiger partial charge < -0.3 is 20.1 Å². The van der Waals surface area contributed by atoms with Gasteiger partial charge in [0.1, 0.15) is 11.5 Å². The number of nitrogens with one attached hydrogen (secondary N) is 2. The molecule has 2 atom stereocenters. The highest BCUT2D eigenvalue weighted by molar-refractivity contribution is 5.78. The quantitative estimate of drug-likeness (QED) is 0.840. The molecule has 0 radical (unpaired) electrons. The number of rotatable bonds is 6. The smallest absolute Gasteiger partial charge is 0.223 e. The van der Waals surface area contributed by atoms with E-state index < -0.39 is 0 Å². The number of ether oxygens (including phenoxy) is 2. The van der Waals surface area contributed by atoms with E-state index in [1.807, 2.05) is 18.2 Å². The lowest BCUT2D eigenvalue weighted by Crippen LogP contribution is -2.42. The first-order valence-electron chi connectivity index (χ1n) is 7.86. The van der Waals surface area contributed by atoms with Crippen molar-refractivity contribution < 1.29 is 14.3 Å². The third-order valence-corrected chi connectivity index (χ3v) is 4.18. The molecule has 1 aromatic carbocycles. The average molecular weight is 306 g/mol. The van der Waals surface area contributed by atoms with Crippen molar-refractivity contribution >= 4 is 5.91 Å². The molecule has 1 aliphatic rings. The molecule has 1 aliphatic heterocycles. The first kappa shape index (κ1) is 16.6. The topological polar surface area (TPSA) is 59.6 Å². The van der Waals surface area contributed by atoms with Crippen molar-refractivity contribution in [2.24, 2.45) is 5.92 Å². The van der Waals surface area contributed by atoms with E-state index in [0.29, 0.717) is 12.6 Å². The van der Waals surface area contributed by atoms with Crippen LogP contribution in [0.25, 0.3) is 0 Å². The number of carbonyl (C=O) groups excluding carboxylic acids is 1. The van der Waals surface area contributed by atoms with Gasteiger partial charge in [0.2, 0.25) is 5.91 Å². The zero-order valence-electron chi connectivity index (χ0n) is 13.6. The van der Waals surface area contributed by atoms with Crippen LogP contribution in [-0.2, 0) is 11.2 Å². The largest absolute Gasteiger partial charge is 0.497 e. The lowest BCUT2D eigenvalue weighted by atomic mass is 9.92. The Morgan fingerprint density at radius 2 is 2.18 bits per heavy atom. The lowest BCUT2D eigenvalue weighted by Gasteiger charge is -2.27. The Balaban J connectivity index is 1.86. The van der Waals surface area contributed by atoms with Gasteiger partial charge in [-0.15, -0.1) is 0 Å². The van der Waals surface area contributed by atoms with E-state index in [1.165, 1.54) is 0 Å². The van der Waals surface area contributed by atoms with E-state index in [0.717, 1.165) is 42.9 Å². The van der Waals surface area contributed by atoms with E-state index in [9.17, 15) is 4.79 Å². The van der Waals surface area contributed by atoms with E-state index in [-0.39, 0.29) is 11.8 Å². The zero-order valence-corrected chi connectivity index (χ0v) is 13.6. The van der Waals surface area contributed by atoms with Gasteiger partial charge in [-0.1, -0.05) is 0 Å². The summed E-state index contributed by atoms with van der Waals surface area (Å²) in [5, 5.41) is 6.41. The van der Waals surface area contributed by atoms with Gasteiger partial charge in [-0.25, -0.2) is 0 Å². The number of methoxy groups -OCH3 is 2. The number of hydrogen-bond donors (Lipinski definition) is 2. The Hall–Kier alpha value is -1.75. The summed E-state index contributed by atoms with van der Waals surface area (Å²) in [4.78, 5) is 12.2. The minimum atomic E-state index is 0.128. The molecule has 2 N–H and O–H groups in total. The molecule has 1 amide bonds. The van der Waals surface area contributed by atoms with Gasteiger partial charge in [0.15, 0.2) is 0 Å². The normalized spacial score (nSPS) is 21.2. The third-order valence-electron chi connectivity index (χ3n) is 4.18. The van der Waals surface area contributed by atoms with Gasteiger partial charge in [-0.2, -0.15) is 0 Å². The fraction of sp³-hybridized carbons (Fsp3) is 0.588. The molecule has 1 heterocycles. The molecule has 0 bridgehead atoms. The summed E-state index contributed by atoms with van der Waals surface area (Å²) < 4.78 is 10.6. The van der Waals surface area contributed by atoms with Crippen LogP contribution in [0.15, 0.2) is 18.2 Å². The van der Waals surface area contributed by atoms with Gasteiger partial charge in [0.05, 0.1) is 14.2 Å². The van der Waals surface area contributed by atoms with Gasteiger partial charge >= 0.3 is 0 Å². The SMILES string of the molecule is COc1ccc(OC)c(CCNC(=O)[C@H]2CCN[C@@H](C)C2)c1. The number of benzene rings is 1. The summed E-state index contributed by atoms with van der Waals surface area (Å²) in [6.45, 7) is 3.66. The first-order chi connectivity index (χ1) is 10.6. The van der Waals surface area contributed by atoms with E-state index in [2.05, 4.69) is 17.6 Å². The fourth-order valence-corrected chi connectivity index (χ4v) is 2.91. The Morgan fingerprint density at radius 1 is 1.36 bits per heavy atom. The van der Waals surface area contributed by atoms with Crippen LogP contribution in [0, 0.1) is 5.92 Å². The molecular weight excluding hydrogens is 280 g/mol. The van der Waals surface area contributed by atoms with Crippen LogP contribution < -0.4 is 20.1 Å². The molecule has 22 heavy (non-hydrogen) atoms. The molecule has 0 aromatic heterocycles. The maximum atomic E-state index is 12.2. The van der Waals surface area contributed by atoms with Gasteiger partial charge in [-0.3, -0.25) is 4.79 Å². The van der Waals surface area contributed by atoms with Crippen molar-refractivity contribution in [2.45, 2.75) is 32.2 Å². The Bertz CT molecular complexity index is 505. The van der Waals surface area contributed by atoms with Crippen molar-refractivity contribution in [1.82, 2.24) is 10.6 Å². The molecule has 1 aromatic rings. The predicted molar refractivity (Wildman–Crippen MR) is 86.4 cm³/mol. The third kappa shape index (κ3) is 4.37. The average Bonchev–Trinajstić information content (AvgIpc) is 2.54. The highest BCUT2D eigenvalue weighted by atomic mass is 16.5. The van der Waals surface area contributed by atoms with Crippen LogP contribution in [0.3, 0.4) is 0 Å². The van der Waals surface area contributed by atoms with Crippen molar-refractivity contribution in [1.29, 1.82) is 0 Å². The van der Waals surface area contributed by atoms with Crippen LogP contribution >= 0.6 is 0 Å². The van der Waals surface area contributed by atoms with Gasteiger partial charge in [0.25, 0.3) is 0 Å². The number of amides is 1. The Morgan fingerprint density at radius 3 is 2.86 bits per heavy atom. The molecule has 0 spiro atoms. The Labute approximate surface area is 132 Å². The van der Waals surface area contributed by atoms with E-state index >= 15 is 0 Å². The summed E-state index contributed by atoms with van der Waals surface area (Å²) in [6, 6.07) is 6.14. The molecule has 0 aliphatic carbocycles. The summed E-state index contributed by atoms with van der Waals surface area (Å²) in [5.41, 5.74) is 1.04. The van der Waals surface area contributed by atoms with Crippen LogP contribution in [0.2, 0.25) is 0 Å². The first-order valence-corrected chi connectivity index (χ1v) is 7.86. The van der Waals surface area contributed by atoms with Crippen LogP contribution in [0.5, 0.6) is 11.5 Å². The van der Waals surface area contributed by atoms with Gasteiger partial charge in [0, 0.05) is 18.5 Å². The molecular formula is C17H26N2O3. The molecule has 0 saturated carbocycles. The van der Waals surface area contributed by atoms with Crippen molar-refractivity contribution in [2.75, 3.05) is 27.3 Å². The second-order valence-corrected chi connectivity index (χ2v) is 5.80. The Kier molecular flexibility index (Phi) is 6.07. The maximum Gasteiger partial charge on any atom is 0.223 e.